The average Bonchev–Trinajstić information content (AvgIpc) is 2.14. The Labute approximate surface area is 91.1 Å². The number of carbonyl (C=O) groups is 1. The monoisotopic (exact) mass is 232 g/mol. The average molecular weight is 233 g/mol. The van der Waals surface area contributed by atoms with Gasteiger partial charge in [0.05, 0.1) is 10.9 Å². The van der Waals surface area contributed by atoms with Crippen LogP contribution < -0.4 is 0 Å². The van der Waals surface area contributed by atoms with Crippen molar-refractivity contribution in [3.8, 4) is 5.75 Å². The Bertz CT molecular complexity index is 392. The van der Waals surface area contributed by atoms with Gasteiger partial charge in [-0.1, -0.05) is 18.5 Å². The number of carboxylic acids is 1. The molecule has 0 radical (unpaired) electrons. The molecule has 1 unspecified atom stereocenters. The summed E-state index contributed by atoms with van der Waals surface area (Å²) in [4.78, 5) is 10.8. The van der Waals surface area contributed by atoms with Gasteiger partial charge in [-0.05, 0) is 12.5 Å². The predicted molar refractivity (Wildman–Crippen MR) is 53.7 cm³/mol. The van der Waals surface area contributed by atoms with E-state index in [-0.39, 0.29) is 16.3 Å². The van der Waals surface area contributed by atoms with Crippen molar-refractivity contribution in [1.29, 1.82) is 0 Å². The molecule has 3 nitrogen and oxygen atoms in total. The normalized spacial score (nSPS) is 12.5. The Morgan fingerprint density at radius 1 is 1.60 bits per heavy atom. The van der Waals surface area contributed by atoms with Crippen molar-refractivity contribution in [2.75, 3.05) is 0 Å². The Kier molecular flexibility index (Phi) is 3.52. The van der Waals surface area contributed by atoms with Crippen molar-refractivity contribution in [2.45, 2.75) is 19.3 Å². The van der Waals surface area contributed by atoms with Crippen LogP contribution in [-0.2, 0) is 4.79 Å². The van der Waals surface area contributed by atoms with Crippen LogP contribution in [0.4, 0.5) is 4.39 Å². The van der Waals surface area contributed by atoms with Crippen LogP contribution in [-0.4, -0.2) is 16.2 Å². The van der Waals surface area contributed by atoms with E-state index in [1.54, 1.807) is 6.92 Å². The second kappa shape index (κ2) is 4.49. The van der Waals surface area contributed by atoms with Gasteiger partial charge in [0.1, 0.15) is 11.6 Å². The van der Waals surface area contributed by atoms with Gasteiger partial charge in [-0.15, -0.1) is 0 Å². The SMILES string of the molecule is CCC(C(=O)O)c1cc(Cl)c(F)cc1O. The molecule has 15 heavy (non-hydrogen) atoms. The summed E-state index contributed by atoms with van der Waals surface area (Å²) in [7, 11) is 0. The second-order valence-electron chi connectivity index (χ2n) is 3.12. The maximum atomic E-state index is 12.9. The van der Waals surface area contributed by atoms with Gasteiger partial charge in [0, 0.05) is 11.6 Å². The summed E-state index contributed by atoms with van der Waals surface area (Å²) in [5.74, 6) is -3.09. The predicted octanol–water partition coefficient (Wildman–Crippen LogP) is 2.76. The molecule has 0 saturated carbocycles. The highest BCUT2D eigenvalue weighted by molar-refractivity contribution is 6.30. The Balaban J connectivity index is 3.24. The topological polar surface area (TPSA) is 57.5 Å². The minimum Gasteiger partial charge on any atom is -0.508 e. The maximum Gasteiger partial charge on any atom is 0.311 e. The second-order valence-corrected chi connectivity index (χ2v) is 3.53. The standard InChI is InChI=1S/C10H10ClFO3/c1-2-5(10(14)15)6-3-7(11)8(12)4-9(6)13/h3-5,13H,2H2,1H3,(H,14,15). The van der Waals surface area contributed by atoms with Crippen molar-refractivity contribution in [2.24, 2.45) is 0 Å². The van der Waals surface area contributed by atoms with E-state index in [1.165, 1.54) is 0 Å². The summed E-state index contributed by atoms with van der Waals surface area (Å²) in [5, 5.41) is 18.1. The van der Waals surface area contributed by atoms with E-state index in [1.807, 2.05) is 0 Å². The van der Waals surface area contributed by atoms with E-state index in [2.05, 4.69) is 0 Å². The fraction of sp³-hybridized carbons (Fsp3) is 0.300. The highest BCUT2D eigenvalue weighted by Crippen LogP contribution is 2.32. The van der Waals surface area contributed by atoms with Gasteiger partial charge in [0.15, 0.2) is 0 Å². The largest absolute Gasteiger partial charge is 0.508 e. The first-order valence-electron chi connectivity index (χ1n) is 4.38. The number of phenols is 1. The molecular weight excluding hydrogens is 223 g/mol. The van der Waals surface area contributed by atoms with Crippen LogP contribution in [0.1, 0.15) is 24.8 Å². The van der Waals surface area contributed by atoms with Crippen molar-refractivity contribution in [1.82, 2.24) is 0 Å². The van der Waals surface area contributed by atoms with Crippen LogP contribution >= 0.6 is 11.6 Å². The molecule has 0 amide bonds. The fourth-order valence-electron chi connectivity index (χ4n) is 1.36. The van der Waals surface area contributed by atoms with Gasteiger partial charge >= 0.3 is 5.97 Å². The molecule has 0 aliphatic rings. The Morgan fingerprint density at radius 2 is 2.20 bits per heavy atom. The highest BCUT2D eigenvalue weighted by atomic mass is 35.5. The zero-order valence-electron chi connectivity index (χ0n) is 8.00. The minimum atomic E-state index is -1.07. The molecule has 2 N–H and O–H groups in total. The molecule has 0 fully saturated rings. The van der Waals surface area contributed by atoms with E-state index in [9.17, 15) is 14.3 Å². The van der Waals surface area contributed by atoms with Gasteiger partial charge in [-0.2, -0.15) is 0 Å². The lowest BCUT2D eigenvalue weighted by molar-refractivity contribution is -0.138. The van der Waals surface area contributed by atoms with Gasteiger partial charge in [0.2, 0.25) is 0 Å². The summed E-state index contributed by atoms with van der Waals surface area (Å²) >= 11 is 5.51. The Hall–Kier alpha value is -1.29. The smallest absolute Gasteiger partial charge is 0.311 e. The number of rotatable bonds is 3. The van der Waals surface area contributed by atoms with E-state index in [0.717, 1.165) is 12.1 Å². The Morgan fingerprint density at radius 3 is 2.67 bits per heavy atom. The third kappa shape index (κ3) is 2.39. The third-order valence-electron chi connectivity index (χ3n) is 2.15. The summed E-state index contributed by atoms with van der Waals surface area (Å²) < 4.78 is 12.9. The number of hydrogen-bond donors (Lipinski definition) is 2. The number of phenolic OH excluding ortho intramolecular Hbond substituents is 1. The van der Waals surface area contributed by atoms with Gasteiger partial charge < -0.3 is 10.2 Å². The molecule has 0 aliphatic carbocycles. The molecule has 0 aliphatic heterocycles. The first-order valence-corrected chi connectivity index (χ1v) is 4.75. The van der Waals surface area contributed by atoms with E-state index in [4.69, 9.17) is 16.7 Å². The summed E-state index contributed by atoms with van der Waals surface area (Å²) in [6.07, 6.45) is 0.296. The summed E-state index contributed by atoms with van der Waals surface area (Å²) in [5.41, 5.74) is 0.136. The van der Waals surface area contributed by atoms with E-state index in [0.29, 0.717) is 6.42 Å². The lowest BCUT2D eigenvalue weighted by atomic mass is 9.96. The molecule has 0 saturated heterocycles. The molecule has 0 aromatic heterocycles. The van der Waals surface area contributed by atoms with Gasteiger partial charge in [-0.25, -0.2) is 4.39 Å². The van der Waals surface area contributed by atoms with Crippen LogP contribution in [0.3, 0.4) is 0 Å². The quantitative estimate of drug-likeness (QED) is 0.843. The first-order chi connectivity index (χ1) is 6.97. The molecule has 1 aromatic rings. The maximum absolute atomic E-state index is 12.9. The lowest BCUT2D eigenvalue weighted by Gasteiger charge is -2.12. The molecule has 5 heteroatoms. The van der Waals surface area contributed by atoms with Crippen molar-refractivity contribution >= 4 is 17.6 Å². The number of aromatic hydroxyl groups is 1. The number of carboxylic acid groups (broad SMARTS) is 1. The van der Waals surface area contributed by atoms with Gasteiger partial charge in [0.25, 0.3) is 0 Å². The summed E-state index contributed by atoms with van der Waals surface area (Å²) in [6, 6.07) is 1.97. The molecule has 0 bridgehead atoms. The number of hydrogen-bond acceptors (Lipinski definition) is 2. The van der Waals surface area contributed by atoms with Crippen LogP contribution in [0.15, 0.2) is 12.1 Å². The van der Waals surface area contributed by atoms with Crippen LogP contribution in [0, 0.1) is 5.82 Å². The van der Waals surface area contributed by atoms with E-state index >= 15 is 0 Å². The summed E-state index contributed by atoms with van der Waals surface area (Å²) in [6.45, 7) is 1.66. The number of aliphatic carboxylic acids is 1. The zero-order chi connectivity index (χ0) is 11.6. The molecule has 1 atom stereocenters. The highest BCUT2D eigenvalue weighted by Gasteiger charge is 2.22. The third-order valence-corrected chi connectivity index (χ3v) is 2.44. The minimum absolute atomic E-state index is 0.136. The lowest BCUT2D eigenvalue weighted by Crippen LogP contribution is -2.10. The van der Waals surface area contributed by atoms with Crippen LogP contribution in [0.2, 0.25) is 5.02 Å². The number of benzene rings is 1. The molecule has 1 rings (SSSR count). The van der Waals surface area contributed by atoms with E-state index < -0.39 is 17.7 Å². The van der Waals surface area contributed by atoms with Crippen molar-refractivity contribution in [3.63, 3.8) is 0 Å². The molecular formula is C10H10ClFO3. The van der Waals surface area contributed by atoms with Crippen molar-refractivity contribution in [3.05, 3.63) is 28.5 Å². The molecule has 1 aromatic carbocycles. The fourth-order valence-corrected chi connectivity index (χ4v) is 1.53. The van der Waals surface area contributed by atoms with Crippen LogP contribution in [0.25, 0.3) is 0 Å². The zero-order valence-corrected chi connectivity index (χ0v) is 8.75. The van der Waals surface area contributed by atoms with Crippen molar-refractivity contribution < 1.29 is 19.4 Å². The van der Waals surface area contributed by atoms with Gasteiger partial charge in [-0.3, -0.25) is 4.79 Å². The molecule has 82 valence electrons. The van der Waals surface area contributed by atoms with Crippen LogP contribution in [0.5, 0.6) is 5.75 Å². The number of halogens is 2. The molecule has 0 spiro atoms. The first kappa shape index (κ1) is 11.8. The molecule has 0 heterocycles.